The van der Waals surface area contributed by atoms with Crippen LogP contribution in [-0.4, -0.2) is 18.2 Å². The molecule has 1 unspecified atom stereocenters. The molecule has 1 atom stereocenters. The highest BCUT2D eigenvalue weighted by atomic mass is 79.9. The molecule has 0 aromatic heterocycles. The molecule has 3 N–H and O–H groups in total. The summed E-state index contributed by atoms with van der Waals surface area (Å²) in [4.78, 5) is 10.6. The molecule has 0 bridgehead atoms. The summed E-state index contributed by atoms with van der Waals surface area (Å²) in [6.07, 6.45) is 0. The first-order chi connectivity index (χ1) is 6.56. The Morgan fingerprint density at radius 2 is 2.29 bits per heavy atom. The van der Waals surface area contributed by atoms with Gasteiger partial charge in [-0.1, -0.05) is 22.0 Å². The zero-order valence-corrected chi connectivity index (χ0v) is 9.11. The lowest BCUT2D eigenvalue weighted by molar-refractivity contribution is -0.138. The maximum atomic E-state index is 10.6. The highest BCUT2D eigenvalue weighted by Gasteiger charge is 2.17. The SMILES string of the molecule is COc1ccc(C(N)C(=O)O)c(Br)c1. The van der Waals surface area contributed by atoms with Crippen LogP contribution in [0, 0.1) is 0 Å². The predicted molar refractivity (Wildman–Crippen MR) is 55.3 cm³/mol. The molecule has 76 valence electrons. The van der Waals surface area contributed by atoms with Gasteiger partial charge in [-0.3, -0.25) is 4.79 Å². The summed E-state index contributed by atoms with van der Waals surface area (Å²) in [5.41, 5.74) is 5.99. The average molecular weight is 260 g/mol. The number of aliphatic carboxylic acids is 1. The Labute approximate surface area is 89.8 Å². The van der Waals surface area contributed by atoms with Crippen molar-refractivity contribution in [3.63, 3.8) is 0 Å². The van der Waals surface area contributed by atoms with E-state index in [2.05, 4.69) is 15.9 Å². The van der Waals surface area contributed by atoms with E-state index in [0.29, 0.717) is 15.8 Å². The lowest BCUT2D eigenvalue weighted by Crippen LogP contribution is -2.20. The lowest BCUT2D eigenvalue weighted by Gasteiger charge is -2.10. The minimum Gasteiger partial charge on any atom is -0.497 e. The fourth-order valence-electron chi connectivity index (χ4n) is 1.02. The van der Waals surface area contributed by atoms with Gasteiger partial charge < -0.3 is 15.6 Å². The van der Waals surface area contributed by atoms with Gasteiger partial charge in [0.15, 0.2) is 0 Å². The van der Waals surface area contributed by atoms with Gasteiger partial charge in [-0.25, -0.2) is 0 Å². The van der Waals surface area contributed by atoms with E-state index >= 15 is 0 Å². The van der Waals surface area contributed by atoms with Crippen molar-refractivity contribution >= 4 is 21.9 Å². The smallest absolute Gasteiger partial charge is 0.325 e. The van der Waals surface area contributed by atoms with Crippen LogP contribution in [0.25, 0.3) is 0 Å². The molecule has 0 spiro atoms. The van der Waals surface area contributed by atoms with Gasteiger partial charge >= 0.3 is 5.97 Å². The van der Waals surface area contributed by atoms with Crippen LogP contribution < -0.4 is 10.5 Å². The Kier molecular flexibility index (Phi) is 3.49. The largest absolute Gasteiger partial charge is 0.497 e. The van der Waals surface area contributed by atoms with Crippen molar-refractivity contribution in [2.75, 3.05) is 7.11 Å². The number of carboxylic acids is 1. The van der Waals surface area contributed by atoms with Gasteiger partial charge in [-0.15, -0.1) is 0 Å². The minimum absolute atomic E-state index is 0.526. The van der Waals surface area contributed by atoms with Crippen molar-refractivity contribution in [2.24, 2.45) is 5.73 Å². The van der Waals surface area contributed by atoms with Crippen molar-refractivity contribution in [1.82, 2.24) is 0 Å². The number of carboxylic acid groups (broad SMARTS) is 1. The normalized spacial score (nSPS) is 12.2. The molecule has 4 nitrogen and oxygen atoms in total. The fourth-order valence-corrected chi connectivity index (χ4v) is 1.62. The first-order valence-corrected chi connectivity index (χ1v) is 4.67. The zero-order chi connectivity index (χ0) is 10.7. The summed E-state index contributed by atoms with van der Waals surface area (Å²) < 4.78 is 5.60. The molecule has 1 aromatic carbocycles. The van der Waals surface area contributed by atoms with Gasteiger partial charge in [0.25, 0.3) is 0 Å². The van der Waals surface area contributed by atoms with Crippen LogP contribution in [0.15, 0.2) is 22.7 Å². The summed E-state index contributed by atoms with van der Waals surface area (Å²) in [5, 5.41) is 8.71. The topological polar surface area (TPSA) is 72.5 Å². The van der Waals surface area contributed by atoms with E-state index in [1.54, 1.807) is 25.3 Å². The summed E-state index contributed by atoms with van der Waals surface area (Å²) in [6.45, 7) is 0. The number of nitrogens with two attached hydrogens (primary N) is 1. The molecular weight excluding hydrogens is 250 g/mol. The van der Waals surface area contributed by atoms with Gasteiger partial charge in [0.1, 0.15) is 11.8 Å². The van der Waals surface area contributed by atoms with Crippen molar-refractivity contribution in [2.45, 2.75) is 6.04 Å². The number of methoxy groups -OCH3 is 1. The molecule has 0 aliphatic rings. The summed E-state index contributed by atoms with van der Waals surface area (Å²) >= 11 is 3.23. The van der Waals surface area contributed by atoms with Crippen molar-refractivity contribution in [1.29, 1.82) is 0 Å². The summed E-state index contributed by atoms with van der Waals surface area (Å²) in [5.74, 6) is -0.408. The van der Waals surface area contributed by atoms with Crippen LogP contribution in [0.4, 0.5) is 0 Å². The quantitative estimate of drug-likeness (QED) is 0.864. The Morgan fingerprint density at radius 1 is 1.64 bits per heavy atom. The molecular formula is C9H10BrNO3. The van der Waals surface area contributed by atoms with Crippen LogP contribution >= 0.6 is 15.9 Å². The van der Waals surface area contributed by atoms with Crippen LogP contribution in [0.1, 0.15) is 11.6 Å². The molecule has 0 saturated carbocycles. The molecule has 0 fully saturated rings. The molecule has 5 heteroatoms. The molecule has 0 aliphatic carbocycles. The Bertz CT molecular complexity index is 354. The van der Waals surface area contributed by atoms with E-state index in [0.717, 1.165) is 0 Å². The van der Waals surface area contributed by atoms with E-state index < -0.39 is 12.0 Å². The molecule has 0 amide bonds. The van der Waals surface area contributed by atoms with Gasteiger partial charge in [-0.2, -0.15) is 0 Å². The standard InChI is InChI=1S/C9H10BrNO3/c1-14-5-2-3-6(7(10)4-5)8(11)9(12)13/h2-4,8H,11H2,1H3,(H,12,13). The van der Waals surface area contributed by atoms with E-state index in [1.807, 2.05) is 0 Å². The first-order valence-electron chi connectivity index (χ1n) is 3.88. The maximum Gasteiger partial charge on any atom is 0.325 e. The summed E-state index contributed by atoms with van der Waals surface area (Å²) in [6, 6.07) is 3.96. The Hall–Kier alpha value is -1.07. The zero-order valence-electron chi connectivity index (χ0n) is 7.53. The second kappa shape index (κ2) is 4.43. The summed E-state index contributed by atoms with van der Waals surface area (Å²) in [7, 11) is 1.54. The molecule has 0 saturated heterocycles. The van der Waals surface area contributed by atoms with Gasteiger partial charge in [0.05, 0.1) is 7.11 Å². The third kappa shape index (κ3) is 2.24. The number of halogens is 1. The third-order valence-corrected chi connectivity index (χ3v) is 2.50. The Balaban J connectivity index is 3.05. The monoisotopic (exact) mass is 259 g/mol. The first kappa shape index (κ1) is 11.0. The van der Waals surface area contributed by atoms with Crippen LogP contribution in [0.5, 0.6) is 5.75 Å². The average Bonchev–Trinajstić information content (AvgIpc) is 2.16. The molecule has 0 heterocycles. The number of rotatable bonds is 3. The Morgan fingerprint density at radius 3 is 2.71 bits per heavy atom. The maximum absolute atomic E-state index is 10.6. The molecule has 14 heavy (non-hydrogen) atoms. The van der Waals surface area contributed by atoms with Crippen molar-refractivity contribution in [3.8, 4) is 5.75 Å². The van der Waals surface area contributed by atoms with E-state index in [-0.39, 0.29) is 0 Å². The van der Waals surface area contributed by atoms with Crippen LogP contribution in [-0.2, 0) is 4.79 Å². The van der Waals surface area contributed by atoms with E-state index in [4.69, 9.17) is 15.6 Å². The molecule has 0 aliphatic heterocycles. The number of hydrogen-bond acceptors (Lipinski definition) is 3. The minimum atomic E-state index is -1.06. The van der Waals surface area contributed by atoms with Gasteiger partial charge in [-0.05, 0) is 17.7 Å². The van der Waals surface area contributed by atoms with E-state index in [9.17, 15) is 4.79 Å². The third-order valence-electron chi connectivity index (χ3n) is 1.81. The fraction of sp³-hybridized carbons (Fsp3) is 0.222. The second-order valence-corrected chi connectivity index (χ2v) is 3.56. The van der Waals surface area contributed by atoms with Crippen LogP contribution in [0.2, 0.25) is 0 Å². The van der Waals surface area contributed by atoms with Gasteiger partial charge in [0.2, 0.25) is 0 Å². The van der Waals surface area contributed by atoms with Crippen molar-refractivity contribution in [3.05, 3.63) is 28.2 Å². The predicted octanol–water partition coefficient (Wildman–Crippen LogP) is 1.54. The molecule has 1 aromatic rings. The highest BCUT2D eigenvalue weighted by molar-refractivity contribution is 9.10. The van der Waals surface area contributed by atoms with E-state index in [1.165, 1.54) is 0 Å². The second-order valence-electron chi connectivity index (χ2n) is 2.70. The lowest BCUT2D eigenvalue weighted by atomic mass is 10.1. The van der Waals surface area contributed by atoms with Gasteiger partial charge in [0, 0.05) is 4.47 Å². The number of ether oxygens (including phenoxy) is 1. The highest BCUT2D eigenvalue weighted by Crippen LogP contribution is 2.26. The molecule has 1 rings (SSSR count). The number of hydrogen-bond donors (Lipinski definition) is 2. The molecule has 0 radical (unpaired) electrons. The number of carbonyl (C=O) groups is 1. The van der Waals surface area contributed by atoms with Crippen molar-refractivity contribution < 1.29 is 14.6 Å². The van der Waals surface area contributed by atoms with Crippen LogP contribution in [0.3, 0.4) is 0 Å². The number of benzene rings is 1.